The summed E-state index contributed by atoms with van der Waals surface area (Å²) in [5.74, 6) is 0.259. The van der Waals surface area contributed by atoms with Gasteiger partial charge in [0.25, 0.3) is 5.91 Å². The van der Waals surface area contributed by atoms with Crippen LogP contribution < -0.4 is 5.32 Å². The van der Waals surface area contributed by atoms with Crippen molar-refractivity contribution >= 4 is 40.3 Å². The molecular weight excluding hydrogens is 258 g/mol. The number of fused-ring (bicyclic) bond motifs is 1. The normalized spacial score (nSPS) is 11.2. The number of nitrogens with one attached hydrogen (secondary N) is 2. The number of rotatable bonds is 3. The van der Waals surface area contributed by atoms with Crippen LogP contribution >= 0.6 is 11.3 Å². The molecule has 1 amide bonds. The molecule has 0 spiro atoms. The highest BCUT2D eigenvalue weighted by Gasteiger charge is 2.03. The SMILES string of the molecule is O=C(C=Cc1cccs1)Nc1nc2ccccc2[nH]1. The molecule has 0 radical (unpaired) electrons. The van der Waals surface area contributed by atoms with E-state index in [9.17, 15) is 4.79 Å². The molecule has 0 bridgehead atoms. The molecule has 2 heterocycles. The number of para-hydroxylation sites is 2. The second kappa shape index (κ2) is 5.07. The first-order valence-corrected chi connectivity index (χ1v) is 6.66. The van der Waals surface area contributed by atoms with Crippen molar-refractivity contribution < 1.29 is 4.79 Å². The van der Waals surface area contributed by atoms with Crippen molar-refractivity contribution in [2.24, 2.45) is 0 Å². The van der Waals surface area contributed by atoms with E-state index in [-0.39, 0.29) is 5.91 Å². The molecule has 0 unspecified atom stereocenters. The minimum absolute atomic E-state index is 0.201. The number of carbonyl (C=O) groups is 1. The van der Waals surface area contributed by atoms with Gasteiger partial charge in [-0.2, -0.15) is 0 Å². The number of nitrogens with zero attached hydrogens (tertiary/aromatic N) is 1. The first-order chi connectivity index (χ1) is 9.31. The van der Waals surface area contributed by atoms with E-state index in [1.54, 1.807) is 17.4 Å². The average Bonchev–Trinajstić information content (AvgIpc) is 3.04. The number of thiophene rings is 1. The molecule has 0 aliphatic carbocycles. The van der Waals surface area contributed by atoms with Crippen molar-refractivity contribution in [2.75, 3.05) is 5.32 Å². The van der Waals surface area contributed by atoms with Gasteiger partial charge in [0, 0.05) is 11.0 Å². The number of carbonyl (C=O) groups excluding carboxylic acids is 1. The Morgan fingerprint density at radius 2 is 2.16 bits per heavy atom. The number of hydrogen-bond donors (Lipinski definition) is 2. The van der Waals surface area contributed by atoms with E-state index in [0.29, 0.717) is 5.95 Å². The summed E-state index contributed by atoms with van der Waals surface area (Å²) in [6.07, 6.45) is 3.28. The topological polar surface area (TPSA) is 57.8 Å². The Balaban J connectivity index is 1.72. The maximum absolute atomic E-state index is 11.7. The van der Waals surface area contributed by atoms with Crippen molar-refractivity contribution in [3.63, 3.8) is 0 Å². The second-order valence-corrected chi connectivity index (χ2v) is 4.92. The lowest BCUT2D eigenvalue weighted by Crippen LogP contribution is -2.08. The number of imidazole rings is 1. The zero-order valence-electron chi connectivity index (χ0n) is 9.96. The molecular formula is C14H11N3OS. The first kappa shape index (κ1) is 11.7. The van der Waals surface area contributed by atoms with Crippen molar-refractivity contribution in [3.05, 3.63) is 52.7 Å². The van der Waals surface area contributed by atoms with Crippen LogP contribution in [0.25, 0.3) is 17.1 Å². The van der Waals surface area contributed by atoms with Gasteiger partial charge in [0.05, 0.1) is 11.0 Å². The fraction of sp³-hybridized carbons (Fsp3) is 0. The summed E-state index contributed by atoms with van der Waals surface area (Å²) >= 11 is 1.58. The zero-order valence-corrected chi connectivity index (χ0v) is 10.8. The lowest BCUT2D eigenvalue weighted by molar-refractivity contribution is -0.111. The van der Waals surface area contributed by atoms with Gasteiger partial charge in [-0.05, 0) is 29.7 Å². The monoisotopic (exact) mass is 269 g/mol. The molecule has 0 aliphatic rings. The highest BCUT2D eigenvalue weighted by atomic mass is 32.1. The van der Waals surface area contributed by atoms with Crippen molar-refractivity contribution in [1.29, 1.82) is 0 Å². The van der Waals surface area contributed by atoms with Gasteiger partial charge >= 0.3 is 0 Å². The maximum Gasteiger partial charge on any atom is 0.250 e. The van der Waals surface area contributed by atoms with Crippen LogP contribution in [0.2, 0.25) is 0 Å². The molecule has 4 nitrogen and oxygen atoms in total. The lowest BCUT2D eigenvalue weighted by Gasteiger charge is -1.95. The molecule has 2 N–H and O–H groups in total. The Bertz CT molecular complexity index is 695. The molecule has 5 heteroatoms. The van der Waals surface area contributed by atoms with E-state index in [1.165, 1.54) is 6.08 Å². The zero-order chi connectivity index (χ0) is 13.1. The third-order valence-electron chi connectivity index (χ3n) is 2.57. The van der Waals surface area contributed by atoms with Gasteiger partial charge in [-0.25, -0.2) is 4.98 Å². The van der Waals surface area contributed by atoms with Gasteiger partial charge in [-0.15, -0.1) is 11.3 Å². The van der Waals surface area contributed by atoms with Crippen LogP contribution in [0, 0.1) is 0 Å². The molecule has 3 rings (SSSR count). The first-order valence-electron chi connectivity index (χ1n) is 5.78. The van der Waals surface area contributed by atoms with E-state index >= 15 is 0 Å². The number of hydrogen-bond acceptors (Lipinski definition) is 3. The molecule has 2 aromatic heterocycles. The van der Waals surface area contributed by atoms with Crippen LogP contribution in [0.5, 0.6) is 0 Å². The summed E-state index contributed by atoms with van der Waals surface area (Å²) in [6, 6.07) is 11.5. The van der Waals surface area contributed by atoms with E-state index in [4.69, 9.17) is 0 Å². The molecule has 94 valence electrons. The van der Waals surface area contributed by atoms with Gasteiger partial charge in [0.2, 0.25) is 5.95 Å². The Morgan fingerprint density at radius 3 is 2.95 bits per heavy atom. The third kappa shape index (κ3) is 2.71. The minimum Gasteiger partial charge on any atom is -0.324 e. The van der Waals surface area contributed by atoms with Crippen molar-refractivity contribution in [3.8, 4) is 0 Å². The largest absolute Gasteiger partial charge is 0.324 e. The number of H-pyrrole nitrogens is 1. The molecule has 0 saturated carbocycles. The molecule has 0 aliphatic heterocycles. The predicted molar refractivity (Wildman–Crippen MR) is 78.1 cm³/mol. The Labute approximate surface area is 113 Å². The summed E-state index contributed by atoms with van der Waals surface area (Å²) in [4.78, 5) is 20.1. The van der Waals surface area contributed by atoms with Gasteiger partial charge in [0.1, 0.15) is 0 Å². The highest BCUT2D eigenvalue weighted by molar-refractivity contribution is 7.10. The standard InChI is InChI=1S/C14H11N3OS/c18-13(8-7-10-4-3-9-19-10)17-14-15-11-5-1-2-6-12(11)16-14/h1-9H,(H2,15,16,17,18). The Morgan fingerprint density at radius 1 is 1.26 bits per heavy atom. The summed E-state index contributed by atoms with van der Waals surface area (Å²) in [7, 11) is 0. The van der Waals surface area contributed by atoms with E-state index in [0.717, 1.165) is 15.9 Å². The maximum atomic E-state index is 11.7. The molecule has 19 heavy (non-hydrogen) atoms. The smallest absolute Gasteiger partial charge is 0.250 e. The summed E-state index contributed by atoms with van der Waals surface area (Å²) in [5, 5.41) is 4.68. The van der Waals surface area contributed by atoms with Crippen LogP contribution in [-0.2, 0) is 4.79 Å². The predicted octanol–water partition coefficient (Wildman–Crippen LogP) is 3.28. The second-order valence-electron chi connectivity index (χ2n) is 3.94. The number of benzene rings is 1. The fourth-order valence-electron chi connectivity index (χ4n) is 1.71. The number of aromatic amines is 1. The van der Waals surface area contributed by atoms with Gasteiger partial charge in [-0.3, -0.25) is 10.1 Å². The van der Waals surface area contributed by atoms with Crippen LogP contribution in [0.4, 0.5) is 5.95 Å². The van der Waals surface area contributed by atoms with E-state index < -0.39 is 0 Å². The van der Waals surface area contributed by atoms with Crippen molar-refractivity contribution in [1.82, 2.24) is 9.97 Å². The average molecular weight is 269 g/mol. The fourth-order valence-corrected chi connectivity index (χ4v) is 2.33. The van der Waals surface area contributed by atoms with Crippen LogP contribution in [-0.4, -0.2) is 15.9 Å². The van der Waals surface area contributed by atoms with E-state index in [1.807, 2.05) is 41.8 Å². The van der Waals surface area contributed by atoms with Gasteiger partial charge in [-0.1, -0.05) is 18.2 Å². The number of aromatic nitrogens is 2. The quantitative estimate of drug-likeness (QED) is 0.717. The Hall–Kier alpha value is -2.40. The molecule has 0 atom stereocenters. The van der Waals surface area contributed by atoms with Gasteiger partial charge in [0.15, 0.2) is 0 Å². The minimum atomic E-state index is -0.201. The summed E-state index contributed by atoms with van der Waals surface area (Å²) < 4.78 is 0. The Kier molecular flexibility index (Phi) is 3.12. The molecule has 3 aromatic rings. The highest BCUT2D eigenvalue weighted by Crippen LogP contribution is 2.14. The van der Waals surface area contributed by atoms with Crippen LogP contribution in [0.15, 0.2) is 47.9 Å². The molecule has 1 aromatic carbocycles. The van der Waals surface area contributed by atoms with Gasteiger partial charge < -0.3 is 4.98 Å². The summed E-state index contributed by atoms with van der Waals surface area (Å²) in [6.45, 7) is 0. The van der Waals surface area contributed by atoms with E-state index in [2.05, 4.69) is 15.3 Å². The number of anilines is 1. The molecule has 0 fully saturated rings. The third-order valence-corrected chi connectivity index (χ3v) is 3.41. The van der Waals surface area contributed by atoms with Crippen LogP contribution in [0.3, 0.4) is 0 Å². The molecule has 0 saturated heterocycles. The summed E-state index contributed by atoms with van der Waals surface area (Å²) in [5.41, 5.74) is 1.74. The van der Waals surface area contributed by atoms with Crippen LogP contribution in [0.1, 0.15) is 4.88 Å². The van der Waals surface area contributed by atoms with Crippen molar-refractivity contribution in [2.45, 2.75) is 0 Å². The lowest BCUT2D eigenvalue weighted by atomic mass is 10.3. The number of amides is 1.